The number of fused-ring (bicyclic) bond motifs is 9. The lowest BCUT2D eigenvalue weighted by Gasteiger charge is -2.23. The van der Waals surface area contributed by atoms with Crippen LogP contribution in [0.25, 0.3) is 80.7 Å². The van der Waals surface area contributed by atoms with Crippen molar-refractivity contribution >= 4 is 86.9 Å². The molecule has 6 heteroatoms. The summed E-state index contributed by atoms with van der Waals surface area (Å²) in [7, 11) is 0. The van der Waals surface area contributed by atoms with E-state index in [1.807, 2.05) is 47.7 Å². The number of benzene rings is 8. The fourth-order valence-electron chi connectivity index (χ4n) is 8.61. The standard InChI is InChI=1S/C51H32N4OS/c1-3-13-31(14-4-1)49-52-50(32-15-5-2-6-16-32)54-51(53-49)41-22-12-20-39-42-29-33(25-28-45(42)56-47(39)41)35-19-11-21-40-38-27-26-34(30-46(38)57-48(35)40)55-43-23-9-7-17-36(43)37-18-8-10-24-44(37)55/h1-30,49H,(H,52,53,54). The largest absolute Gasteiger partial charge is 0.455 e. The Morgan fingerprint density at radius 3 is 2.00 bits per heavy atom. The number of hydrogen-bond donors (Lipinski definition) is 1. The molecule has 0 amide bonds. The molecule has 0 fully saturated rings. The molecule has 4 heterocycles. The van der Waals surface area contributed by atoms with Crippen molar-refractivity contribution in [1.29, 1.82) is 0 Å². The molecular weight excluding hydrogens is 717 g/mol. The first kappa shape index (κ1) is 32.0. The van der Waals surface area contributed by atoms with Gasteiger partial charge in [-0.3, -0.25) is 0 Å². The molecule has 12 rings (SSSR count). The average Bonchev–Trinajstić information content (AvgIpc) is 3.96. The predicted molar refractivity (Wildman–Crippen MR) is 238 cm³/mol. The van der Waals surface area contributed by atoms with Gasteiger partial charge in [-0.15, -0.1) is 11.3 Å². The average molecular weight is 749 g/mol. The summed E-state index contributed by atoms with van der Waals surface area (Å²) >= 11 is 1.86. The second kappa shape index (κ2) is 12.6. The normalized spacial score (nSPS) is 14.5. The van der Waals surface area contributed by atoms with Crippen LogP contribution in [0.15, 0.2) is 196 Å². The van der Waals surface area contributed by atoms with Gasteiger partial charge < -0.3 is 14.3 Å². The number of rotatable bonds is 5. The number of amidine groups is 2. The van der Waals surface area contributed by atoms with E-state index in [2.05, 4.69) is 155 Å². The van der Waals surface area contributed by atoms with Gasteiger partial charge in [-0.25, -0.2) is 9.98 Å². The molecule has 3 aromatic heterocycles. The molecule has 5 nitrogen and oxygen atoms in total. The van der Waals surface area contributed by atoms with Gasteiger partial charge in [-0.1, -0.05) is 140 Å². The summed E-state index contributed by atoms with van der Waals surface area (Å²) in [6.45, 7) is 0. The maximum atomic E-state index is 6.68. The summed E-state index contributed by atoms with van der Waals surface area (Å²) in [5.41, 5.74) is 10.5. The second-order valence-corrected chi connectivity index (χ2v) is 15.6. The van der Waals surface area contributed by atoms with E-state index in [1.165, 1.54) is 53.2 Å². The van der Waals surface area contributed by atoms with Gasteiger partial charge in [0.25, 0.3) is 0 Å². The maximum Gasteiger partial charge on any atom is 0.163 e. The first-order chi connectivity index (χ1) is 28.2. The predicted octanol–water partition coefficient (Wildman–Crippen LogP) is 13.2. The first-order valence-electron chi connectivity index (χ1n) is 19.2. The molecule has 8 aromatic carbocycles. The zero-order valence-corrected chi connectivity index (χ0v) is 31.4. The third-order valence-electron chi connectivity index (χ3n) is 11.3. The minimum Gasteiger partial charge on any atom is -0.455 e. The molecule has 1 aliphatic rings. The number of furan rings is 1. The van der Waals surface area contributed by atoms with Gasteiger partial charge in [0, 0.05) is 53.0 Å². The first-order valence-corrected chi connectivity index (χ1v) is 20.0. The number of nitrogens with one attached hydrogen (secondary N) is 1. The molecule has 0 bridgehead atoms. The van der Waals surface area contributed by atoms with Gasteiger partial charge in [-0.05, 0) is 59.2 Å². The monoisotopic (exact) mass is 748 g/mol. The highest BCUT2D eigenvalue weighted by molar-refractivity contribution is 7.26. The summed E-state index contributed by atoms with van der Waals surface area (Å²) in [5.74, 6) is 1.42. The molecule has 0 saturated heterocycles. The van der Waals surface area contributed by atoms with Crippen molar-refractivity contribution in [1.82, 2.24) is 9.88 Å². The van der Waals surface area contributed by atoms with Crippen molar-refractivity contribution in [3.63, 3.8) is 0 Å². The van der Waals surface area contributed by atoms with E-state index in [-0.39, 0.29) is 6.17 Å². The highest BCUT2D eigenvalue weighted by Crippen LogP contribution is 2.43. The molecule has 0 aliphatic carbocycles. The third-order valence-corrected chi connectivity index (χ3v) is 12.5. The summed E-state index contributed by atoms with van der Waals surface area (Å²) < 4.78 is 11.6. The van der Waals surface area contributed by atoms with Crippen molar-refractivity contribution in [2.75, 3.05) is 0 Å². The van der Waals surface area contributed by atoms with Crippen molar-refractivity contribution in [2.45, 2.75) is 6.17 Å². The van der Waals surface area contributed by atoms with E-state index in [9.17, 15) is 0 Å². The summed E-state index contributed by atoms with van der Waals surface area (Å²) in [6, 6.07) is 64.4. The number of aliphatic imine (C=N–C) groups is 2. The van der Waals surface area contributed by atoms with E-state index < -0.39 is 0 Å². The van der Waals surface area contributed by atoms with Gasteiger partial charge in [-0.2, -0.15) is 0 Å². The molecule has 268 valence electrons. The van der Waals surface area contributed by atoms with Crippen LogP contribution in [0.2, 0.25) is 0 Å². The highest BCUT2D eigenvalue weighted by Gasteiger charge is 2.24. The van der Waals surface area contributed by atoms with E-state index in [4.69, 9.17) is 14.4 Å². The van der Waals surface area contributed by atoms with Crippen LogP contribution >= 0.6 is 11.3 Å². The Morgan fingerprint density at radius 1 is 0.526 bits per heavy atom. The van der Waals surface area contributed by atoms with E-state index in [0.29, 0.717) is 5.84 Å². The van der Waals surface area contributed by atoms with E-state index in [0.717, 1.165) is 50.0 Å². The van der Waals surface area contributed by atoms with Crippen LogP contribution in [0.3, 0.4) is 0 Å². The SMILES string of the molecule is c1ccc(C2=NC(c3cccc4c3oc3ccc(-c5cccc6c5sc5cc(-n7c8ccccc8c8ccccc87)ccc56)cc34)=NC(c3ccccc3)N2)cc1. The smallest absolute Gasteiger partial charge is 0.163 e. The highest BCUT2D eigenvalue weighted by atomic mass is 32.1. The minimum atomic E-state index is -0.292. The minimum absolute atomic E-state index is 0.292. The van der Waals surface area contributed by atoms with Gasteiger partial charge >= 0.3 is 0 Å². The van der Waals surface area contributed by atoms with Crippen molar-refractivity contribution in [3.8, 4) is 16.8 Å². The Balaban J connectivity index is 0.980. The van der Waals surface area contributed by atoms with Gasteiger partial charge in [0.1, 0.15) is 23.2 Å². The topological polar surface area (TPSA) is 54.8 Å². The summed E-state index contributed by atoms with van der Waals surface area (Å²) in [5, 5.41) is 10.8. The molecule has 57 heavy (non-hydrogen) atoms. The van der Waals surface area contributed by atoms with E-state index in [1.54, 1.807) is 0 Å². The Bertz CT molecular complexity index is 3390. The zero-order valence-electron chi connectivity index (χ0n) is 30.6. The third kappa shape index (κ3) is 5.08. The summed E-state index contributed by atoms with van der Waals surface area (Å²) in [4.78, 5) is 10.2. The fraction of sp³-hybridized carbons (Fsp3) is 0.0196. The molecule has 1 N–H and O–H groups in total. The van der Waals surface area contributed by atoms with Crippen molar-refractivity contribution in [3.05, 3.63) is 199 Å². The maximum absolute atomic E-state index is 6.68. The molecular formula is C51H32N4OS. The lowest BCUT2D eigenvalue weighted by atomic mass is 10.00. The quantitative estimate of drug-likeness (QED) is 0.191. The van der Waals surface area contributed by atoms with Crippen LogP contribution in [-0.4, -0.2) is 16.2 Å². The Morgan fingerprint density at radius 2 is 1.21 bits per heavy atom. The van der Waals surface area contributed by atoms with Crippen LogP contribution in [0.1, 0.15) is 22.9 Å². The van der Waals surface area contributed by atoms with Crippen LogP contribution in [0, 0.1) is 0 Å². The lowest BCUT2D eigenvalue weighted by Crippen LogP contribution is -2.33. The van der Waals surface area contributed by atoms with Crippen LogP contribution < -0.4 is 5.32 Å². The molecule has 0 radical (unpaired) electrons. The summed E-state index contributed by atoms with van der Waals surface area (Å²) in [6.07, 6.45) is -0.292. The second-order valence-electron chi connectivity index (χ2n) is 14.6. The zero-order chi connectivity index (χ0) is 37.5. The van der Waals surface area contributed by atoms with Crippen molar-refractivity contribution in [2.24, 2.45) is 9.98 Å². The Kier molecular flexibility index (Phi) is 7.09. The molecule has 1 aliphatic heterocycles. The number of thiophene rings is 1. The Hall–Kier alpha value is -7.28. The molecule has 11 aromatic rings. The number of para-hydroxylation sites is 3. The Labute approximate surface area is 331 Å². The van der Waals surface area contributed by atoms with Gasteiger partial charge in [0.05, 0.1) is 16.6 Å². The van der Waals surface area contributed by atoms with Crippen LogP contribution in [-0.2, 0) is 0 Å². The molecule has 0 spiro atoms. The number of hydrogen-bond acceptors (Lipinski definition) is 5. The van der Waals surface area contributed by atoms with Crippen LogP contribution in [0.4, 0.5) is 0 Å². The van der Waals surface area contributed by atoms with Crippen molar-refractivity contribution < 1.29 is 4.42 Å². The molecule has 0 saturated carbocycles. The number of aromatic nitrogens is 1. The fourth-order valence-corrected chi connectivity index (χ4v) is 9.89. The number of nitrogens with zero attached hydrogens (tertiary/aromatic N) is 3. The van der Waals surface area contributed by atoms with E-state index >= 15 is 0 Å². The van der Waals surface area contributed by atoms with Gasteiger partial charge in [0.15, 0.2) is 5.84 Å². The van der Waals surface area contributed by atoms with Crippen LogP contribution in [0.5, 0.6) is 0 Å². The lowest BCUT2D eigenvalue weighted by molar-refractivity contribution is 0.663. The molecule has 1 atom stereocenters. The van der Waals surface area contributed by atoms with Gasteiger partial charge in [0.2, 0.25) is 0 Å². The molecule has 1 unspecified atom stereocenters.